The molecule has 1 heterocycles. The minimum Gasteiger partial charge on any atom is -0.375 e. The molecule has 2 heteroatoms. The zero-order valence-corrected chi connectivity index (χ0v) is 8.44. The molecule has 2 aliphatic rings. The maximum atomic E-state index is 6.15. The molecule has 1 aliphatic heterocycles. The Morgan fingerprint density at radius 3 is 2.75 bits per heavy atom. The zero-order chi connectivity index (χ0) is 8.60. The highest BCUT2D eigenvalue weighted by molar-refractivity contribution is 6.20. The average Bonchev–Trinajstić information content (AvgIpc) is 2.32. The molecular weight excluding hydrogens is 172 g/mol. The molecule has 3 atom stereocenters. The van der Waals surface area contributed by atoms with Gasteiger partial charge in [-0.2, -0.15) is 0 Å². The first-order valence-corrected chi connectivity index (χ1v) is 5.42. The Kier molecular flexibility index (Phi) is 2.35. The first kappa shape index (κ1) is 8.83. The van der Waals surface area contributed by atoms with E-state index in [0.29, 0.717) is 5.38 Å². The maximum Gasteiger partial charge on any atom is 0.0699 e. The van der Waals surface area contributed by atoms with Crippen LogP contribution in [0, 0.1) is 5.92 Å². The van der Waals surface area contributed by atoms with E-state index in [1.54, 1.807) is 0 Å². The minimum atomic E-state index is 0.185. The van der Waals surface area contributed by atoms with E-state index >= 15 is 0 Å². The molecule has 1 saturated heterocycles. The fourth-order valence-electron chi connectivity index (χ4n) is 2.63. The fourth-order valence-corrected chi connectivity index (χ4v) is 3.00. The lowest BCUT2D eigenvalue weighted by Crippen LogP contribution is -2.38. The topological polar surface area (TPSA) is 9.23 Å². The summed E-state index contributed by atoms with van der Waals surface area (Å²) in [5.74, 6) is 0.840. The Morgan fingerprint density at radius 1 is 1.33 bits per heavy atom. The summed E-state index contributed by atoms with van der Waals surface area (Å²) in [6, 6.07) is 0. The number of hydrogen-bond acceptors (Lipinski definition) is 1. The predicted octanol–water partition coefficient (Wildman–Crippen LogP) is 2.96. The quantitative estimate of drug-likeness (QED) is 0.532. The summed E-state index contributed by atoms with van der Waals surface area (Å²) in [6.45, 7) is 3.19. The van der Waals surface area contributed by atoms with Gasteiger partial charge in [-0.05, 0) is 38.0 Å². The van der Waals surface area contributed by atoms with Gasteiger partial charge < -0.3 is 4.74 Å². The molecule has 0 N–H and O–H groups in total. The van der Waals surface area contributed by atoms with Gasteiger partial charge in [0.25, 0.3) is 0 Å². The molecule has 0 aromatic heterocycles. The highest BCUT2D eigenvalue weighted by atomic mass is 35.5. The summed E-state index contributed by atoms with van der Waals surface area (Å²) in [4.78, 5) is 0. The van der Waals surface area contributed by atoms with Crippen molar-refractivity contribution in [3.63, 3.8) is 0 Å². The van der Waals surface area contributed by atoms with Crippen molar-refractivity contribution in [1.29, 1.82) is 0 Å². The second kappa shape index (κ2) is 3.19. The number of hydrogen-bond donors (Lipinski definition) is 0. The molecule has 12 heavy (non-hydrogen) atoms. The van der Waals surface area contributed by atoms with E-state index in [2.05, 4.69) is 6.92 Å². The smallest absolute Gasteiger partial charge is 0.0699 e. The molecule has 0 aromatic carbocycles. The first-order chi connectivity index (χ1) is 5.70. The predicted molar refractivity (Wildman–Crippen MR) is 50.6 cm³/mol. The van der Waals surface area contributed by atoms with Crippen molar-refractivity contribution in [3.8, 4) is 0 Å². The van der Waals surface area contributed by atoms with Crippen LogP contribution in [0.4, 0.5) is 0 Å². The van der Waals surface area contributed by atoms with Gasteiger partial charge in [-0.25, -0.2) is 0 Å². The third-order valence-corrected chi connectivity index (χ3v) is 3.62. The van der Waals surface area contributed by atoms with Crippen LogP contribution in [-0.4, -0.2) is 17.6 Å². The third kappa shape index (κ3) is 1.62. The summed E-state index contributed by atoms with van der Waals surface area (Å²) in [5.41, 5.74) is 0.185. The van der Waals surface area contributed by atoms with E-state index < -0.39 is 0 Å². The normalized spacial score (nSPS) is 48.5. The average molecular weight is 189 g/mol. The Hall–Kier alpha value is 0.250. The monoisotopic (exact) mass is 188 g/mol. The zero-order valence-electron chi connectivity index (χ0n) is 7.68. The number of rotatable bonds is 0. The van der Waals surface area contributed by atoms with Crippen molar-refractivity contribution in [3.05, 3.63) is 0 Å². The molecule has 0 amide bonds. The highest BCUT2D eigenvalue weighted by Gasteiger charge is 2.41. The Bertz CT molecular complexity index is 167. The molecular formula is C10H17ClO. The fraction of sp³-hybridized carbons (Fsp3) is 1.00. The van der Waals surface area contributed by atoms with Gasteiger partial charge in [-0.1, -0.05) is 6.92 Å². The van der Waals surface area contributed by atoms with Crippen LogP contribution in [0.1, 0.15) is 39.0 Å². The van der Waals surface area contributed by atoms with Crippen molar-refractivity contribution in [2.24, 2.45) is 5.92 Å². The number of ether oxygens (including phenoxy) is 1. The summed E-state index contributed by atoms with van der Waals surface area (Å²) >= 11 is 6.15. The van der Waals surface area contributed by atoms with E-state index in [1.165, 1.54) is 19.3 Å². The van der Waals surface area contributed by atoms with Crippen LogP contribution >= 0.6 is 11.6 Å². The Morgan fingerprint density at radius 2 is 2.17 bits per heavy atom. The van der Waals surface area contributed by atoms with E-state index in [1.807, 2.05) is 0 Å². The van der Waals surface area contributed by atoms with Crippen molar-refractivity contribution in [2.45, 2.75) is 50.0 Å². The molecule has 0 bridgehead atoms. The standard InChI is InChI=1S/C10H17ClO/c1-8-2-4-10(6-8)7-9(11)3-5-12-10/h8-9H,2-7H2,1H3. The van der Waals surface area contributed by atoms with E-state index in [-0.39, 0.29) is 5.60 Å². The van der Waals surface area contributed by atoms with E-state index in [9.17, 15) is 0 Å². The van der Waals surface area contributed by atoms with Gasteiger partial charge in [0.2, 0.25) is 0 Å². The molecule has 0 radical (unpaired) electrons. The lowest BCUT2D eigenvalue weighted by molar-refractivity contribution is -0.0732. The number of halogens is 1. The number of alkyl halides is 1. The lowest BCUT2D eigenvalue weighted by atomic mass is 9.91. The van der Waals surface area contributed by atoms with Crippen molar-refractivity contribution in [2.75, 3.05) is 6.61 Å². The van der Waals surface area contributed by atoms with Gasteiger partial charge in [0.05, 0.1) is 5.60 Å². The van der Waals surface area contributed by atoms with Gasteiger partial charge >= 0.3 is 0 Å². The summed E-state index contributed by atoms with van der Waals surface area (Å²) < 4.78 is 5.88. The van der Waals surface area contributed by atoms with Gasteiger partial charge in [0, 0.05) is 12.0 Å². The summed E-state index contributed by atoms with van der Waals surface area (Å²) in [5, 5.41) is 0.365. The largest absolute Gasteiger partial charge is 0.375 e. The van der Waals surface area contributed by atoms with Crippen LogP contribution in [0.5, 0.6) is 0 Å². The van der Waals surface area contributed by atoms with Crippen LogP contribution in [-0.2, 0) is 4.74 Å². The van der Waals surface area contributed by atoms with Crippen LogP contribution in [0.2, 0.25) is 0 Å². The Balaban J connectivity index is 2.00. The molecule has 2 fully saturated rings. The highest BCUT2D eigenvalue weighted by Crippen LogP contribution is 2.43. The van der Waals surface area contributed by atoms with Crippen LogP contribution in [0.25, 0.3) is 0 Å². The second-order valence-corrected chi connectivity index (χ2v) is 5.09. The lowest BCUT2D eigenvalue weighted by Gasteiger charge is -2.36. The van der Waals surface area contributed by atoms with Crippen molar-refractivity contribution in [1.82, 2.24) is 0 Å². The van der Waals surface area contributed by atoms with Gasteiger partial charge in [0.15, 0.2) is 0 Å². The summed E-state index contributed by atoms with van der Waals surface area (Å²) in [6.07, 6.45) is 5.91. The first-order valence-electron chi connectivity index (χ1n) is 4.98. The van der Waals surface area contributed by atoms with Gasteiger partial charge in [0.1, 0.15) is 0 Å². The molecule has 1 saturated carbocycles. The van der Waals surface area contributed by atoms with Crippen LogP contribution in [0.3, 0.4) is 0 Å². The summed E-state index contributed by atoms with van der Waals surface area (Å²) in [7, 11) is 0. The van der Waals surface area contributed by atoms with E-state index in [4.69, 9.17) is 16.3 Å². The second-order valence-electron chi connectivity index (χ2n) is 4.47. The molecule has 70 valence electrons. The maximum absolute atomic E-state index is 6.15. The van der Waals surface area contributed by atoms with Crippen molar-refractivity contribution < 1.29 is 4.74 Å². The Labute approximate surface area is 79.4 Å². The van der Waals surface area contributed by atoms with Gasteiger partial charge in [-0.3, -0.25) is 0 Å². The van der Waals surface area contributed by atoms with Crippen LogP contribution in [0.15, 0.2) is 0 Å². The van der Waals surface area contributed by atoms with E-state index in [0.717, 1.165) is 25.4 Å². The molecule has 1 nitrogen and oxygen atoms in total. The van der Waals surface area contributed by atoms with Gasteiger partial charge in [-0.15, -0.1) is 11.6 Å². The molecule has 3 unspecified atom stereocenters. The van der Waals surface area contributed by atoms with Crippen molar-refractivity contribution >= 4 is 11.6 Å². The molecule has 2 rings (SSSR count). The third-order valence-electron chi connectivity index (χ3n) is 3.25. The van der Waals surface area contributed by atoms with Crippen LogP contribution < -0.4 is 0 Å². The minimum absolute atomic E-state index is 0.185. The molecule has 0 aromatic rings. The molecule has 1 spiro atoms. The molecule has 1 aliphatic carbocycles. The SMILES string of the molecule is CC1CCC2(C1)CC(Cl)CCO2.